The van der Waals surface area contributed by atoms with Crippen molar-refractivity contribution in [2.75, 3.05) is 14.2 Å². The summed E-state index contributed by atoms with van der Waals surface area (Å²) in [7, 11) is 3.14. The molecule has 0 N–H and O–H groups in total. The van der Waals surface area contributed by atoms with Gasteiger partial charge in [-0.15, -0.1) is 0 Å². The predicted molar refractivity (Wildman–Crippen MR) is 93.6 cm³/mol. The first-order chi connectivity index (χ1) is 11.5. The second kappa shape index (κ2) is 8.39. The molecule has 0 spiro atoms. The van der Waals surface area contributed by atoms with Crippen molar-refractivity contribution in [2.45, 2.75) is 26.9 Å². The van der Waals surface area contributed by atoms with Crippen molar-refractivity contribution in [3.63, 3.8) is 0 Å². The molecule has 0 saturated carbocycles. The van der Waals surface area contributed by atoms with Gasteiger partial charge in [0.25, 0.3) is 0 Å². The fraction of sp³-hybridized carbons (Fsp3) is 0.350. The summed E-state index contributed by atoms with van der Waals surface area (Å²) in [6.45, 7) is 4.46. The SMILES string of the molecule is COc1cc(CC(C)C)c(C(=O)OCc2ccccc2)cc1OC. The maximum absolute atomic E-state index is 12.6. The Morgan fingerprint density at radius 1 is 1.00 bits per heavy atom. The van der Waals surface area contributed by atoms with E-state index in [0.29, 0.717) is 23.0 Å². The second-order valence-corrected chi connectivity index (χ2v) is 6.02. The molecule has 0 heterocycles. The van der Waals surface area contributed by atoms with Crippen LogP contribution in [-0.2, 0) is 17.8 Å². The minimum Gasteiger partial charge on any atom is -0.493 e. The highest BCUT2D eigenvalue weighted by molar-refractivity contribution is 5.92. The molecule has 0 unspecified atom stereocenters. The van der Waals surface area contributed by atoms with E-state index in [1.165, 1.54) is 0 Å². The van der Waals surface area contributed by atoms with Gasteiger partial charge < -0.3 is 14.2 Å². The van der Waals surface area contributed by atoms with Crippen LogP contribution in [-0.4, -0.2) is 20.2 Å². The van der Waals surface area contributed by atoms with Crippen molar-refractivity contribution in [1.29, 1.82) is 0 Å². The topological polar surface area (TPSA) is 44.8 Å². The standard InChI is InChI=1S/C20H24O4/c1-14(2)10-16-11-18(22-3)19(23-4)12-17(16)20(21)24-13-15-8-6-5-7-9-15/h5-9,11-12,14H,10,13H2,1-4H3. The molecule has 2 aromatic carbocycles. The van der Waals surface area contributed by atoms with Gasteiger partial charge in [0.2, 0.25) is 0 Å². The number of benzene rings is 2. The highest BCUT2D eigenvalue weighted by Crippen LogP contribution is 2.32. The average Bonchev–Trinajstić information content (AvgIpc) is 2.59. The van der Waals surface area contributed by atoms with Crippen LogP contribution in [0, 0.1) is 5.92 Å². The third-order valence-electron chi connectivity index (χ3n) is 3.67. The van der Waals surface area contributed by atoms with Gasteiger partial charge in [-0.05, 0) is 35.6 Å². The molecule has 0 aromatic heterocycles. The van der Waals surface area contributed by atoms with Gasteiger partial charge in [-0.3, -0.25) is 0 Å². The van der Waals surface area contributed by atoms with Crippen molar-refractivity contribution >= 4 is 5.97 Å². The summed E-state index contributed by atoms with van der Waals surface area (Å²) in [4.78, 5) is 12.6. The number of esters is 1. The molecule has 0 fully saturated rings. The lowest BCUT2D eigenvalue weighted by molar-refractivity contribution is 0.0471. The first-order valence-electron chi connectivity index (χ1n) is 8.01. The van der Waals surface area contributed by atoms with Crippen molar-refractivity contribution in [2.24, 2.45) is 5.92 Å². The number of ether oxygens (including phenoxy) is 3. The monoisotopic (exact) mass is 328 g/mol. The zero-order chi connectivity index (χ0) is 17.5. The van der Waals surface area contributed by atoms with E-state index in [1.807, 2.05) is 36.4 Å². The van der Waals surface area contributed by atoms with Crippen molar-refractivity contribution < 1.29 is 19.0 Å². The smallest absolute Gasteiger partial charge is 0.338 e. The highest BCUT2D eigenvalue weighted by atomic mass is 16.5. The Morgan fingerprint density at radius 3 is 2.21 bits per heavy atom. The zero-order valence-corrected chi connectivity index (χ0v) is 14.7. The molecule has 0 aliphatic heterocycles. The summed E-state index contributed by atoms with van der Waals surface area (Å²) in [6.07, 6.45) is 0.760. The molecule has 0 radical (unpaired) electrons. The third-order valence-corrected chi connectivity index (χ3v) is 3.67. The van der Waals surface area contributed by atoms with Crippen LogP contribution in [0.15, 0.2) is 42.5 Å². The summed E-state index contributed by atoms with van der Waals surface area (Å²) < 4.78 is 16.1. The predicted octanol–water partition coefficient (Wildman–Crippen LogP) is 4.26. The molecule has 0 bridgehead atoms. The Kier molecular flexibility index (Phi) is 6.24. The summed E-state index contributed by atoms with van der Waals surface area (Å²) in [6, 6.07) is 13.2. The number of hydrogen-bond donors (Lipinski definition) is 0. The average molecular weight is 328 g/mol. The molecule has 4 heteroatoms. The molecule has 2 rings (SSSR count). The molecular weight excluding hydrogens is 304 g/mol. The van der Waals surface area contributed by atoms with Gasteiger partial charge in [0.1, 0.15) is 6.61 Å². The normalized spacial score (nSPS) is 10.5. The molecule has 0 aliphatic carbocycles. The quantitative estimate of drug-likeness (QED) is 0.712. The Balaban J connectivity index is 2.26. The van der Waals surface area contributed by atoms with E-state index in [-0.39, 0.29) is 12.6 Å². The van der Waals surface area contributed by atoms with E-state index in [0.717, 1.165) is 17.5 Å². The van der Waals surface area contributed by atoms with E-state index in [9.17, 15) is 4.79 Å². The number of hydrogen-bond acceptors (Lipinski definition) is 4. The molecular formula is C20H24O4. The molecule has 0 saturated heterocycles. The van der Waals surface area contributed by atoms with Gasteiger partial charge in [0.15, 0.2) is 11.5 Å². The van der Waals surface area contributed by atoms with E-state index in [2.05, 4.69) is 13.8 Å². The molecule has 0 amide bonds. The van der Waals surface area contributed by atoms with Gasteiger partial charge in [0.05, 0.1) is 19.8 Å². The molecule has 24 heavy (non-hydrogen) atoms. The van der Waals surface area contributed by atoms with Crippen LogP contribution in [0.4, 0.5) is 0 Å². The Labute approximate surface area is 143 Å². The lowest BCUT2D eigenvalue weighted by atomic mass is 9.97. The van der Waals surface area contributed by atoms with Gasteiger partial charge in [0, 0.05) is 0 Å². The third kappa shape index (κ3) is 4.51. The molecule has 4 nitrogen and oxygen atoms in total. The second-order valence-electron chi connectivity index (χ2n) is 6.02. The largest absolute Gasteiger partial charge is 0.493 e. The number of carbonyl (C=O) groups is 1. The van der Waals surface area contributed by atoms with Crippen LogP contribution in [0.5, 0.6) is 11.5 Å². The molecule has 2 aromatic rings. The van der Waals surface area contributed by atoms with E-state index in [4.69, 9.17) is 14.2 Å². The van der Waals surface area contributed by atoms with Gasteiger partial charge >= 0.3 is 5.97 Å². The van der Waals surface area contributed by atoms with Crippen LogP contribution in [0.25, 0.3) is 0 Å². The Morgan fingerprint density at radius 2 is 1.62 bits per heavy atom. The summed E-state index contributed by atoms with van der Waals surface area (Å²) in [5, 5.41) is 0. The highest BCUT2D eigenvalue weighted by Gasteiger charge is 2.19. The first-order valence-corrected chi connectivity index (χ1v) is 8.01. The maximum atomic E-state index is 12.6. The Bertz CT molecular complexity index is 678. The molecule has 128 valence electrons. The van der Waals surface area contributed by atoms with Crippen LogP contribution < -0.4 is 9.47 Å². The number of methoxy groups -OCH3 is 2. The van der Waals surface area contributed by atoms with Gasteiger partial charge in [-0.25, -0.2) is 4.79 Å². The van der Waals surface area contributed by atoms with Crippen molar-refractivity contribution in [1.82, 2.24) is 0 Å². The van der Waals surface area contributed by atoms with Crippen LogP contribution in [0.2, 0.25) is 0 Å². The van der Waals surface area contributed by atoms with E-state index < -0.39 is 0 Å². The van der Waals surface area contributed by atoms with Crippen molar-refractivity contribution in [3.8, 4) is 11.5 Å². The first kappa shape index (κ1) is 17.9. The number of rotatable bonds is 7. The molecule has 0 atom stereocenters. The summed E-state index contributed by atoms with van der Waals surface area (Å²) >= 11 is 0. The molecule has 0 aliphatic rings. The lowest BCUT2D eigenvalue weighted by Gasteiger charge is -2.16. The van der Waals surface area contributed by atoms with Gasteiger partial charge in [-0.1, -0.05) is 44.2 Å². The Hall–Kier alpha value is -2.49. The fourth-order valence-electron chi connectivity index (χ4n) is 2.52. The van der Waals surface area contributed by atoms with Crippen molar-refractivity contribution in [3.05, 3.63) is 59.2 Å². The van der Waals surface area contributed by atoms with Gasteiger partial charge in [-0.2, -0.15) is 0 Å². The van der Waals surface area contributed by atoms with E-state index >= 15 is 0 Å². The fourth-order valence-corrected chi connectivity index (χ4v) is 2.52. The van der Waals surface area contributed by atoms with Crippen LogP contribution in [0.1, 0.15) is 35.3 Å². The lowest BCUT2D eigenvalue weighted by Crippen LogP contribution is -2.11. The minimum atomic E-state index is -0.351. The van der Waals surface area contributed by atoms with Crippen LogP contribution >= 0.6 is 0 Å². The summed E-state index contributed by atoms with van der Waals surface area (Å²) in [5.74, 6) is 1.20. The maximum Gasteiger partial charge on any atom is 0.338 e. The number of carbonyl (C=O) groups excluding carboxylic acids is 1. The van der Waals surface area contributed by atoms with Crippen LogP contribution in [0.3, 0.4) is 0 Å². The zero-order valence-electron chi connectivity index (χ0n) is 14.7. The van der Waals surface area contributed by atoms with E-state index in [1.54, 1.807) is 20.3 Å². The minimum absolute atomic E-state index is 0.245. The summed E-state index contributed by atoms with van der Waals surface area (Å²) in [5.41, 5.74) is 2.38.